The summed E-state index contributed by atoms with van der Waals surface area (Å²) >= 11 is 0. The predicted molar refractivity (Wildman–Crippen MR) is 124 cm³/mol. The third-order valence-electron chi connectivity index (χ3n) is 5.66. The molecular weight excluding hydrogens is 418 g/mol. The number of carbonyl (C=O) groups is 1. The number of anilines is 2. The van der Waals surface area contributed by atoms with E-state index in [-0.39, 0.29) is 5.82 Å². The second kappa shape index (κ2) is 8.91. The molecule has 0 saturated carbocycles. The van der Waals surface area contributed by atoms with Crippen molar-refractivity contribution >= 4 is 23.3 Å². The SMILES string of the molecule is Cc1cc(C)n2nc(C(=O)Nc3cc(N4CCN(Cc5ccccc5)CC4)ncn3)nc2n1. The van der Waals surface area contributed by atoms with Crippen LogP contribution in [0, 0.1) is 13.8 Å². The molecule has 0 unspecified atom stereocenters. The molecule has 0 bridgehead atoms. The van der Waals surface area contributed by atoms with E-state index in [1.807, 2.05) is 26.0 Å². The molecule has 1 saturated heterocycles. The van der Waals surface area contributed by atoms with Crippen LogP contribution in [0.25, 0.3) is 5.78 Å². The number of hydrogen-bond acceptors (Lipinski definition) is 8. The molecule has 4 heterocycles. The van der Waals surface area contributed by atoms with Gasteiger partial charge >= 0.3 is 0 Å². The van der Waals surface area contributed by atoms with Crippen LogP contribution in [-0.2, 0) is 6.54 Å². The minimum atomic E-state index is -0.435. The van der Waals surface area contributed by atoms with E-state index in [9.17, 15) is 4.79 Å². The monoisotopic (exact) mass is 443 g/mol. The number of amides is 1. The van der Waals surface area contributed by atoms with E-state index in [0.29, 0.717) is 11.6 Å². The molecule has 10 nitrogen and oxygen atoms in total. The molecule has 33 heavy (non-hydrogen) atoms. The lowest BCUT2D eigenvalue weighted by Gasteiger charge is -2.35. The van der Waals surface area contributed by atoms with Gasteiger partial charge in [0.2, 0.25) is 5.82 Å². The number of nitrogens with one attached hydrogen (secondary N) is 1. The van der Waals surface area contributed by atoms with Crippen LogP contribution in [0.15, 0.2) is 48.8 Å². The average molecular weight is 444 g/mol. The summed E-state index contributed by atoms with van der Waals surface area (Å²) in [6.07, 6.45) is 1.47. The van der Waals surface area contributed by atoms with Gasteiger partial charge in [0.15, 0.2) is 0 Å². The van der Waals surface area contributed by atoms with Gasteiger partial charge < -0.3 is 10.2 Å². The Bertz CT molecular complexity index is 1280. The summed E-state index contributed by atoms with van der Waals surface area (Å²) in [5.41, 5.74) is 3.00. The molecule has 0 radical (unpaired) electrons. The van der Waals surface area contributed by atoms with E-state index in [1.165, 1.54) is 11.9 Å². The van der Waals surface area contributed by atoms with E-state index in [0.717, 1.165) is 49.9 Å². The van der Waals surface area contributed by atoms with Crippen molar-refractivity contribution < 1.29 is 4.79 Å². The van der Waals surface area contributed by atoms with Crippen LogP contribution in [0.1, 0.15) is 27.6 Å². The fourth-order valence-electron chi connectivity index (χ4n) is 4.00. The van der Waals surface area contributed by atoms with Gasteiger partial charge in [-0.1, -0.05) is 30.3 Å². The predicted octanol–water partition coefficient (Wildman–Crippen LogP) is 2.11. The van der Waals surface area contributed by atoms with Crippen LogP contribution >= 0.6 is 0 Å². The number of hydrogen-bond donors (Lipinski definition) is 1. The van der Waals surface area contributed by atoms with Crippen molar-refractivity contribution in [2.75, 3.05) is 36.4 Å². The molecule has 1 N–H and O–H groups in total. The Kier molecular flexibility index (Phi) is 5.66. The maximum absolute atomic E-state index is 12.7. The topological polar surface area (TPSA) is 104 Å². The van der Waals surface area contributed by atoms with E-state index in [4.69, 9.17) is 0 Å². The number of carbonyl (C=O) groups excluding carboxylic acids is 1. The molecule has 1 aliphatic rings. The number of rotatable bonds is 5. The molecule has 4 aromatic rings. The van der Waals surface area contributed by atoms with Gasteiger partial charge in [0.1, 0.15) is 18.0 Å². The number of nitrogens with zero attached hydrogens (tertiary/aromatic N) is 8. The summed E-state index contributed by atoms with van der Waals surface area (Å²) in [5.74, 6) is 1.21. The van der Waals surface area contributed by atoms with Crippen molar-refractivity contribution in [3.05, 3.63) is 71.6 Å². The highest BCUT2D eigenvalue weighted by Gasteiger charge is 2.20. The first-order valence-corrected chi connectivity index (χ1v) is 10.9. The highest BCUT2D eigenvalue weighted by molar-refractivity contribution is 6.01. The minimum absolute atomic E-state index is 0.0471. The van der Waals surface area contributed by atoms with Gasteiger partial charge in [-0.15, -0.1) is 5.10 Å². The van der Waals surface area contributed by atoms with Crippen molar-refractivity contribution in [3.63, 3.8) is 0 Å². The molecule has 168 valence electrons. The molecule has 0 atom stereocenters. The summed E-state index contributed by atoms with van der Waals surface area (Å²) < 4.78 is 1.56. The maximum atomic E-state index is 12.7. The Hall–Kier alpha value is -3.92. The Morgan fingerprint density at radius 1 is 1.00 bits per heavy atom. The lowest BCUT2D eigenvalue weighted by molar-refractivity contribution is 0.101. The minimum Gasteiger partial charge on any atom is -0.354 e. The van der Waals surface area contributed by atoms with Crippen molar-refractivity contribution in [3.8, 4) is 0 Å². The molecule has 10 heteroatoms. The van der Waals surface area contributed by atoms with Crippen molar-refractivity contribution in [1.29, 1.82) is 0 Å². The molecule has 1 aliphatic heterocycles. The maximum Gasteiger partial charge on any atom is 0.296 e. The molecule has 1 aromatic carbocycles. The van der Waals surface area contributed by atoms with Crippen LogP contribution in [-0.4, -0.2) is 66.5 Å². The first-order chi connectivity index (χ1) is 16.0. The van der Waals surface area contributed by atoms with Crippen LogP contribution in [0.2, 0.25) is 0 Å². The quantitative estimate of drug-likeness (QED) is 0.500. The number of aromatic nitrogens is 6. The van der Waals surface area contributed by atoms with Crippen molar-refractivity contribution in [1.82, 2.24) is 34.4 Å². The number of benzene rings is 1. The van der Waals surface area contributed by atoms with Gasteiger partial charge in [-0.25, -0.2) is 19.5 Å². The van der Waals surface area contributed by atoms with Gasteiger partial charge in [-0.3, -0.25) is 9.69 Å². The zero-order chi connectivity index (χ0) is 22.8. The van der Waals surface area contributed by atoms with Crippen LogP contribution in [0.3, 0.4) is 0 Å². The number of piperazine rings is 1. The summed E-state index contributed by atoms with van der Waals surface area (Å²) in [5, 5.41) is 7.06. The molecule has 0 spiro atoms. The van der Waals surface area contributed by atoms with Crippen LogP contribution in [0.4, 0.5) is 11.6 Å². The molecule has 3 aromatic heterocycles. The van der Waals surface area contributed by atoms with Gasteiger partial charge in [-0.2, -0.15) is 4.98 Å². The second-order valence-electron chi connectivity index (χ2n) is 8.15. The molecule has 0 aliphatic carbocycles. The zero-order valence-corrected chi connectivity index (χ0v) is 18.6. The fourth-order valence-corrected chi connectivity index (χ4v) is 4.00. The largest absolute Gasteiger partial charge is 0.354 e. The van der Waals surface area contributed by atoms with E-state index < -0.39 is 5.91 Å². The van der Waals surface area contributed by atoms with Crippen molar-refractivity contribution in [2.45, 2.75) is 20.4 Å². The number of fused-ring (bicyclic) bond motifs is 1. The van der Waals surface area contributed by atoms with E-state index in [1.54, 1.807) is 10.6 Å². The summed E-state index contributed by atoms with van der Waals surface area (Å²) in [7, 11) is 0. The molecule has 5 rings (SSSR count). The highest BCUT2D eigenvalue weighted by Crippen LogP contribution is 2.18. The summed E-state index contributed by atoms with van der Waals surface area (Å²) in [4.78, 5) is 34.6. The molecule has 1 amide bonds. The molecule has 1 fully saturated rings. The van der Waals surface area contributed by atoms with E-state index >= 15 is 0 Å². The first-order valence-electron chi connectivity index (χ1n) is 10.9. The lowest BCUT2D eigenvalue weighted by atomic mass is 10.2. The smallest absolute Gasteiger partial charge is 0.296 e. The van der Waals surface area contributed by atoms with E-state index in [2.05, 4.69) is 64.4 Å². The van der Waals surface area contributed by atoms with Gasteiger partial charge in [-0.05, 0) is 25.5 Å². The third-order valence-corrected chi connectivity index (χ3v) is 5.66. The third kappa shape index (κ3) is 4.65. The van der Waals surface area contributed by atoms with Gasteiger partial charge in [0.05, 0.1) is 0 Å². The number of aryl methyl sites for hydroxylation is 2. The van der Waals surface area contributed by atoms with Gasteiger partial charge in [0, 0.05) is 50.2 Å². The van der Waals surface area contributed by atoms with Crippen molar-refractivity contribution in [2.24, 2.45) is 0 Å². The van der Waals surface area contributed by atoms with Crippen LogP contribution < -0.4 is 10.2 Å². The Morgan fingerprint density at radius 2 is 1.79 bits per heavy atom. The fraction of sp³-hybridized carbons (Fsp3) is 0.304. The molecular formula is C23H25N9O. The Balaban J connectivity index is 1.23. The highest BCUT2D eigenvalue weighted by atomic mass is 16.2. The second-order valence-corrected chi connectivity index (χ2v) is 8.15. The Labute approximate surface area is 191 Å². The Morgan fingerprint density at radius 3 is 2.58 bits per heavy atom. The van der Waals surface area contributed by atoms with Crippen LogP contribution in [0.5, 0.6) is 0 Å². The van der Waals surface area contributed by atoms with Gasteiger partial charge in [0.25, 0.3) is 11.7 Å². The standard InChI is InChI=1S/C23H25N9O/c1-16-12-17(2)32-23(26-16)28-21(29-32)22(33)27-19-13-20(25-15-24-19)31-10-8-30(9-11-31)14-18-6-4-3-5-7-18/h3-7,12-13,15H,8-11,14H2,1-2H3,(H,24,25,27,33). The lowest BCUT2D eigenvalue weighted by Crippen LogP contribution is -2.46. The normalized spacial score (nSPS) is 14.5. The zero-order valence-electron chi connectivity index (χ0n) is 18.6. The first kappa shape index (κ1) is 21.0. The summed E-state index contributed by atoms with van der Waals surface area (Å²) in [6.45, 7) is 8.32. The average Bonchev–Trinajstić information content (AvgIpc) is 3.25. The summed E-state index contributed by atoms with van der Waals surface area (Å²) in [6, 6.07) is 14.2.